The molecule has 1 aromatic rings. The molecule has 2 heterocycles. The second-order valence-electron chi connectivity index (χ2n) is 7.33. The second-order valence-corrected chi connectivity index (χ2v) is 9.56. The molecule has 0 radical (unpaired) electrons. The largest absolute Gasteiger partial charge is 0.341 e. The van der Waals surface area contributed by atoms with E-state index in [1.54, 1.807) is 0 Å². The van der Waals surface area contributed by atoms with E-state index in [0.717, 1.165) is 42.6 Å². The molecule has 2 fully saturated rings. The molecule has 134 valence electrons. The predicted octanol–water partition coefficient (Wildman–Crippen LogP) is 2.01. The molecule has 0 N–H and O–H groups in total. The SMILES string of the molecule is Cc1nn(C2CCS(=O)(=O)C2)c(C)c1CN(C)C(=O)C1CCCC1. The summed E-state index contributed by atoms with van der Waals surface area (Å²) in [5.74, 6) is 0.810. The zero-order chi connectivity index (χ0) is 17.5. The lowest BCUT2D eigenvalue weighted by Crippen LogP contribution is -2.31. The van der Waals surface area contributed by atoms with Crippen molar-refractivity contribution in [1.29, 1.82) is 0 Å². The van der Waals surface area contributed by atoms with E-state index in [0.29, 0.717) is 13.0 Å². The van der Waals surface area contributed by atoms with E-state index < -0.39 is 9.84 Å². The summed E-state index contributed by atoms with van der Waals surface area (Å²) in [4.78, 5) is 14.3. The molecule has 6 nitrogen and oxygen atoms in total. The Hall–Kier alpha value is -1.37. The van der Waals surface area contributed by atoms with Crippen LogP contribution in [0.25, 0.3) is 0 Å². The van der Waals surface area contributed by atoms with Crippen LogP contribution in [-0.4, -0.2) is 47.6 Å². The van der Waals surface area contributed by atoms with Gasteiger partial charge in [-0.05, 0) is 33.1 Å². The highest BCUT2D eigenvalue weighted by atomic mass is 32.2. The molecule has 0 aromatic carbocycles. The Morgan fingerprint density at radius 1 is 1.25 bits per heavy atom. The fraction of sp³-hybridized carbons (Fsp3) is 0.765. The smallest absolute Gasteiger partial charge is 0.225 e. The Morgan fingerprint density at radius 2 is 1.92 bits per heavy atom. The van der Waals surface area contributed by atoms with Crippen molar-refractivity contribution >= 4 is 15.7 Å². The third-order valence-corrected chi connectivity index (χ3v) is 7.26. The first-order valence-electron chi connectivity index (χ1n) is 8.78. The summed E-state index contributed by atoms with van der Waals surface area (Å²) in [5.41, 5.74) is 2.93. The molecule has 1 atom stereocenters. The van der Waals surface area contributed by atoms with Crippen molar-refractivity contribution in [3.8, 4) is 0 Å². The first-order chi connectivity index (χ1) is 11.3. The van der Waals surface area contributed by atoms with E-state index in [2.05, 4.69) is 5.10 Å². The van der Waals surface area contributed by atoms with Crippen molar-refractivity contribution in [2.24, 2.45) is 5.92 Å². The molecule has 1 saturated carbocycles. The van der Waals surface area contributed by atoms with Crippen LogP contribution >= 0.6 is 0 Å². The number of sulfone groups is 1. The van der Waals surface area contributed by atoms with Crippen molar-refractivity contribution in [2.75, 3.05) is 18.6 Å². The molecular weight excluding hydrogens is 326 g/mol. The van der Waals surface area contributed by atoms with Crippen LogP contribution in [0.4, 0.5) is 0 Å². The minimum absolute atomic E-state index is 0.0710. The number of rotatable bonds is 4. The van der Waals surface area contributed by atoms with Crippen molar-refractivity contribution < 1.29 is 13.2 Å². The van der Waals surface area contributed by atoms with Gasteiger partial charge in [0.1, 0.15) is 0 Å². The lowest BCUT2D eigenvalue weighted by atomic mass is 10.1. The van der Waals surface area contributed by atoms with Crippen LogP contribution in [0.1, 0.15) is 55.1 Å². The summed E-state index contributed by atoms with van der Waals surface area (Å²) in [5, 5.41) is 4.58. The molecule has 0 bridgehead atoms. The van der Waals surface area contributed by atoms with Crippen LogP contribution in [0, 0.1) is 19.8 Å². The minimum atomic E-state index is -2.94. The Labute approximate surface area is 144 Å². The average molecular weight is 353 g/mol. The highest BCUT2D eigenvalue weighted by Gasteiger charge is 2.32. The predicted molar refractivity (Wildman–Crippen MR) is 92.4 cm³/mol. The van der Waals surface area contributed by atoms with Crippen LogP contribution in [0.3, 0.4) is 0 Å². The van der Waals surface area contributed by atoms with Gasteiger partial charge in [-0.25, -0.2) is 8.42 Å². The highest BCUT2D eigenvalue weighted by Crippen LogP contribution is 2.29. The number of hydrogen-bond acceptors (Lipinski definition) is 4. The van der Waals surface area contributed by atoms with E-state index in [1.165, 1.54) is 0 Å². The van der Waals surface area contributed by atoms with E-state index in [9.17, 15) is 13.2 Å². The van der Waals surface area contributed by atoms with Crippen molar-refractivity contribution in [3.63, 3.8) is 0 Å². The molecule has 0 spiro atoms. The number of carbonyl (C=O) groups is 1. The van der Waals surface area contributed by atoms with Crippen LogP contribution in [0.2, 0.25) is 0 Å². The summed E-state index contributed by atoms with van der Waals surface area (Å²) in [6.07, 6.45) is 4.92. The standard InChI is InChI=1S/C17H27N3O3S/c1-12-16(10-19(3)17(21)14-6-4-5-7-14)13(2)20(18-12)15-8-9-24(22,23)11-15/h14-15H,4-11H2,1-3H3. The molecule has 1 amide bonds. The van der Waals surface area contributed by atoms with E-state index in [1.807, 2.05) is 30.5 Å². The molecule has 7 heteroatoms. The van der Waals surface area contributed by atoms with Gasteiger partial charge in [0.2, 0.25) is 5.91 Å². The highest BCUT2D eigenvalue weighted by molar-refractivity contribution is 7.91. The zero-order valence-corrected chi connectivity index (χ0v) is 15.6. The summed E-state index contributed by atoms with van der Waals surface area (Å²) in [6, 6.07) is -0.0710. The maximum absolute atomic E-state index is 12.5. The zero-order valence-electron chi connectivity index (χ0n) is 14.8. The number of aromatic nitrogens is 2. The van der Waals surface area contributed by atoms with Gasteiger partial charge in [0, 0.05) is 30.8 Å². The number of hydrogen-bond donors (Lipinski definition) is 0. The first-order valence-corrected chi connectivity index (χ1v) is 10.6. The molecular formula is C17H27N3O3S. The van der Waals surface area contributed by atoms with Gasteiger partial charge in [-0.2, -0.15) is 5.10 Å². The fourth-order valence-electron chi connectivity index (χ4n) is 4.05. The molecule has 1 aliphatic heterocycles. The second kappa shape index (κ2) is 6.50. The van der Waals surface area contributed by atoms with Crippen LogP contribution in [0.15, 0.2) is 0 Å². The molecule has 3 rings (SSSR count). The topological polar surface area (TPSA) is 72.3 Å². The van der Waals surface area contributed by atoms with Crippen molar-refractivity contribution in [1.82, 2.24) is 14.7 Å². The average Bonchev–Trinajstić information content (AvgIpc) is 3.22. The minimum Gasteiger partial charge on any atom is -0.341 e. The number of aryl methyl sites for hydroxylation is 1. The summed E-state index contributed by atoms with van der Waals surface area (Å²) in [7, 11) is -1.08. The summed E-state index contributed by atoms with van der Waals surface area (Å²) >= 11 is 0. The fourth-order valence-corrected chi connectivity index (χ4v) is 5.74. The van der Waals surface area contributed by atoms with Gasteiger partial charge in [0.15, 0.2) is 9.84 Å². The number of amides is 1. The quantitative estimate of drug-likeness (QED) is 0.830. The number of nitrogens with zero attached hydrogens (tertiary/aromatic N) is 3. The van der Waals surface area contributed by atoms with Crippen molar-refractivity contribution in [2.45, 2.75) is 58.5 Å². The third-order valence-electron chi connectivity index (χ3n) is 5.51. The van der Waals surface area contributed by atoms with E-state index in [-0.39, 0.29) is 29.4 Å². The lowest BCUT2D eigenvalue weighted by Gasteiger charge is -2.21. The van der Waals surface area contributed by atoms with Gasteiger partial charge in [0.25, 0.3) is 0 Å². The van der Waals surface area contributed by atoms with Gasteiger partial charge in [-0.3, -0.25) is 9.48 Å². The summed E-state index contributed by atoms with van der Waals surface area (Å²) < 4.78 is 25.3. The molecule has 1 unspecified atom stereocenters. The van der Waals surface area contributed by atoms with Crippen LogP contribution < -0.4 is 0 Å². The van der Waals surface area contributed by atoms with E-state index >= 15 is 0 Å². The molecule has 1 aliphatic carbocycles. The van der Waals surface area contributed by atoms with E-state index in [4.69, 9.17) is 0 Å². The van der Waals surface area contributed by atoms with Gasteiger partial charge in [0.05, 0.1) is 23.2 Å². The Balaban J connectivity index is 1.75. The monoisotopic (exact) mass is 353 g/mol. The third kappa shape index (κ3) is 3.36. The Kier molecular flexibility index (Phi) is 4.73. The number of carbonyl (C=O) groups excluding carboxylic acids is 1. The maximum atomic E-state index is 12.5. The lowest BCUT2D eigenvalue weighted by molar-refractivity contribution is -0.134. The maximum Gasteiger partial charge on any atom is 0.225 e. The van der Waals surface area contributed by atoms with Gasteiger partial charge < -0.3 is 4.90 Å². The molecule has 24 heavy (non-hydrogen) atoms. The van der Waals surface area contributed by atoms with Crippen molar-refractivity contribution in [3.05, 3.63) is 17.0 Å². The Morgan fingerprint density at radius 3 is 2.50 bits per heavy atom. The summed E-state index contributed by atoms with van der Waals surface area (Å²) in [6.45, 7) is 4.47. The molecule has 1 aromatic heterocycles. The Bertz CT molecular complexity index is 733. The molecule has 2 aliphatic rings. The van der Waals surface area contributed by atoms with Crippen LogP contribution in [-0.2, 0) is 21.2 Å². The van der Waals surface area contributed by atoms with Gasteiger partial charge in [-0.1, -0.05) is 12.8 Å². The van der Waals surface area contributed by atoms with Crippen LogP contribution in [0.5, 0.6) is 0 Å². The van der Waals surface area contributed by atoms with Gasteiger partial charge in [-0.15, -0.1) is 0 Å². The normalized spacial score (nSPS) is 23.7. The molecule has 1 saturated heterocycles. The first kappa shape index (κ1) is 17.5. The van der Waals surface area contributed by atoms with Gasteiger partial charge >= 0.3 is 0 Å².